The van der Waals surface area contributed by atoms with Gasteiger partial charge in [0.15, 0.2) is 0 Å². The van der Waals surface area contributed by atoms with Gasteiger partial charge in [-0.2, -0.15) is 0 Å². The van der Waals surface area contributed by atoms with Gasteiger partial charge in [-0.25, -0.2) is 0 Å². The molecular formula is C22H27BrN2O3S2. The van der Waals surface area contributed by atoms with Crippen molar-refractivity contribution in [3.63, 3.8) is 0 Å². The quantitative estimate of drug-likeness (QED) is 0.240. The number of amides is 2. The summed E-state index contributed by atoms with van der Waals surface area (Å²) in [5.74, 6) is -0.280. The van der Waals surface area contributed by atoms with Crippen molar-refractivity contribution in [2.24, 2.45) is 0 Å². The van der Waals surface area contributed by atoms with Gasteiger partial charge in [0.1, 0.15) is 4.32 Å². The van der Waals surface area contributed by atoms with Crippen LogP contribution >= 0.6 is 39.9 Å². The molecule has 1 aromatic carbocycles. The van der Waals surface area contributed by atoms with E-state index in [9.17, 15) is 9.59 Å². The molecule has 3 rings (SSSR count). The topological polar surface area (TPSA) is 49.9 Å². The number of hydrogen-bond donors (Lipinski definition) is 0. The second-order valence-corrected chi connectivity index (χ2v) is 9.82. The molecular weight excluding hydrogens is 484 g/mol. The third kappa shape index (κ3) is 4.98. The summed E-state index contributed by atoms with van der Waals surface area (Å²) in [7, 11) is 0. The Morgan fingerprint density at radius 2 is 1.80 bits per heavy atom. The minimum absolute atomic E-state index is 0.102. The molecule has 0 saturated carbocycles. The lowest BCUT2D eigenvalue weighted by molar-refractivity contribution is -0.122. The average molecular weight is 512 g/mol. The van der Waals surface area contributed by atoms with Crippen molar-refractivity contribution < 1.29 is 14.3 Å². The smallest absolute Gasteiger partial charge is 0.267 e. The lowest BCUT2D eigenvalue weighted by Crippen LogP contribution is -2.31. The molecule has 0 atom stereocenters. The molecule has 2 aliphatic rings. The molecule has 2 heterocycles. The summed E-state index contributed by atoms with van der Waals surface area (Å²) in [4.78, 5) is 30.4. The van der Waals surface area contributed by atoms with Crippen molar-refractivity contribution in [1.82, 2.24) is 4.90 Å². The maximum absolute atomic E-state index is 13.4. The fraction of sp³-hybridized carbons (Fsp3) is 0.500. The maximum atomic E-state index is 13.4. The molecule has 1 saturated heterocycles. The van der Waals surface area contributed by atoms with E-state index in [-0.39, 0.29) is 11.8 Å². The maximum Gasteiger partial charge on any atom is 0.267 e. The first-order valence-electron chi connectivity index (χ1n) is 10.5. The number of rotatable bonds is 10. The van der Waals surface area contributed by atoms with Crippen LogP contribution in [0.4, 0.5) is 5.69 Å². The summed E-state index contributed by atoms with van der Waals surface area (Å²) in [6.07, 6.45) is 5.05. The van der Waals surface area contributed by atoms with Crippen molar-refractivity contribution in [2.45, 2.75) is 46.0 Å². The largest absolute Gasteiger partial charge is 0.382 e. The predicted octanol–water partition coefficient (Wildman–Crippen LogP) is 5.37. The van der Waals surface area contributed by atoms with Gasteiger partial charge in [-0.15, -0.1) is 0 Å². The van der Waals surface area contributed by atoms with Crippen molar-refractivity contribution in [3.05, 3.63) is 33.1 Å². The Bertz CT molecular complexity index is 872. The third-order valence-corrected chi connectivity index (χ3v) is 7.11. The van der Waals surface area contributed by atoms with Crippen LogP contribution in [0.3, 0.4) is 0 Å². The van der Waals surface area contributed by atoms with Crippen LogP contribution in [0.25, 0.3) is 5.57 Å². The van der Waals surface area contributed by atoms with E-state index in [1.165, 1.54) is 11.8 Å². The van der Waals surface area contributed by atoms with E-state index in [0.717, 1.165) is 41.4 Å². The van der Waals surface area contributed by atoms with Gasteiger partial charge >= 0.3 is 0 Å². The number of hydrogen-bond acceptors (Lipinski definition) is 5. The molecule has 8 heteroatoms. The van der Waals surface area contributed by atoms with Gasteiger partial charge in [-0.1, -0.05) is 66.1 Å². The van der Waals surface area contributed by atoms with Crippen LogP contribution in [0.15, 0.2) is 27.6 Å². The van der Waals surface area contributed by atoms with E-state index in [1.807, 2.05) is 30.0 Å². The second kappa shape index (κ2) is 10.9. The van der Waals surface area contributed by atoms with Crippen LogP contribution in [-0.2, 0) is 14.3 Å². The van der Waals surface area contributed by atoms with Gasteiger partial charge < -0.3 is 9.64 Å². The molecule has 2 amide bonds. The van der Waals surface area contributed by atoms with E-state index in [1.54, 1.807) is 4.90 Å². The van der Waals surface area contributed by atoms with Crippen LogP contribution < -0.4 is 4.90 Å². The number of carbonyl (C=O) groups excluding carboxylic acids is 2. The highest BCUT2D eigenvalue weighted by atomic mass is 79.9. The Labute approximate surface area is 196 Å². The molecule has 0 N–H and O–H groups in total. The first kappa shape index (κ1) is 23.4. The Hall–Kier alpha value is -1.22. The first-order chi connectivity index (χ1) is 14.5. The molecule has 0 spiro atoms. The van der Waals surface area contributed by atoms with Crippen molar-refractivity contribution in [2.75, 3.05) is 31.2 Å². The van der Waals surface area contributed by atoms with Gasteiger partial charge in [-0.05, 0) is 38.0 Å². The molecule has 2 aliphatic heterocycles. The standard InChI is InChI=1S/C22H27BrN2O3S2/c1-3-5-6-7-11-24-17-10-9-15(23)14-16(17)18(20(24)26)19-21(27)25(22(29)30-19)12-8-13-28-4-2/h9-10,14H,3-8,11-13H2,1-2H3. The summed E-state index contributed by atoms with van der Waals surface area (Å²) < 4.78 is 6.76. The Balaban J connectivity index is 1.88. The van der Waals surface area contributed by atoms with Gasteiger partial charge in [-0.3, -0.25) is 14.5 Å². The molecule has 0 unspecified atom stereocenters. The normalized spacial score (nSPS) is 18.7. The summed E-state index contributed by atoms with van der Waals surface area (Å²) in [6, 6.07) is 5.82. The zero-order valence-electron chi connectivity index (χ0n) is 17.4. The second-order valence-electron chi connectivity index (χ2n) is 7.26. The van der Waals surface area contributed by atoms with Gasteiger partial charge in [0.25, 0.3) is 11.8 Å². The number of halogens is 1. The van der Waals surface area contributed by atoms with Crippen LogP contribution in [0.5, 0.6) is 0 Å². The molecule has 5 nitrogen and oxygen atoms in total. The molecule has 1 aromatic rings. The third-order valence-electron chi connectivity index (χ3n) is 5.16. The predicted molar refractivity (Wildman–Crippen MR) is 131 cm³/mol. The number of unbranched alkanes of at least 4 members (excludes halogenated alkanes) is 3. The Kier molecular flexibility index (Phi) is 8.51. The highest BCUT2D eigenvalue weighted by molar-refractivity contribution is 9.10. The van der Waals surface area contributed by atoms with E-state index in [4.69, 9.17) is 17.0 Å². The fourth-order valence-corrected chi connectivity index (χ4v) is 5.39. The van der Waals surface area contributed by atoms with E-state index in [2.05, 4.69) is 22.9 Å². The number of fused-ring (bicyclic) bond motifs is 1. The zero-order valence-corrected chi connectivity index (χ0v) is 20.6. The molecule has 0 bridgehead atoms. The monoisotopic (exact) mass is 510 g/mol. The van der Waals surface area contributed by atoms with Crippen molar-refractivity contribution in [1.29, 1.82) is 0 Å². The zero-order chi connectivity index (χ0) is 21.7. The lowest BCUT2D eigenvalue weighted by atomic mass is 10.1. The summed E-state index contributed by atoms with van der Waals surface area (Å²) >= 11 is 10.2. The fourth-order valence-electron chi connectivity index (χ4n) is 3.65. The molecule has 30 heavy (non-hydrogen) atoms. The summed E-state index contributed by atoms with van der Waals surface area (Å²) in [5, 5.41) is 0. The van der Waals surface area contributed by atoms with Crippen LogP contribution in [0.2, 0.25) is 0 Å². The number of thioether (sulfide) groups is 1. The van der Waals surface area contributed by atoms with Gasteiger partial charge in [0, 0.05) is 36.3 Å². The first-order valence-corrected chi connectivity index (χ1v) is 12.5. The van der Waals surface area contributed by atoms with E-state index >= 15 is 0 Å². The number of carbonyl (C=O) groups is 2. The van der Waals surface area contributed by atoms with Crippen molar-refractivity contribution in [3.8, 4) is 0 Å². The number of ether oxygens (including phenoxy) is 1. The summed E-state index contributed by atoms with van der Waals surface area (Å²) in [5.41, 5.74) is 2.16. The SMILES string of the molecule is CCCCCCN1C(=O)C(=C2SC(=S)N(CCCOCC)C2=O)c2cc(Br)ccc21. The van der Waals surface area contributed by atoms with Crippen LogP contribution in [0.1, 0.15) is 51.5 Å². The highest BCUT2D eigenvalue weighted by Gasteiger charge is 2.41. The molecule has 1 fully saturated rings. The number of anilines is 1. The Morgan fingerprint density at radius 1 is 1.03 bits per heavy atom. The number of nitrogens with zero attached hydrogens (tertiary/aromatic N) is 2. The van der Waals surface area contributed by atoms with Gasteiger partial charge in [0.2, 0.25) is 0 Å². The highest BCUT2D eigenvalue weighted by Crippen LogP contribution is 2.45. The minimum atomic E-state index is -0.177. The molecule has 0 radical (unpaired) electrons. The Morgan fingerprint density at radius 3 is 2.53 bits per heavy atom. The van der Waals surface area contributed by atoms with E-state index < -0.39 is 0 Å². The summed E-state index contributed by atoms with van der Waals surface area (Å²) in [6.45, 7) is 6.51. The van der Waals surface area contributed by atoms with Crippen LogP contribution in [-0.4, -0.2) is 47.3 Å². The number of benzene rings is 1. The molecule has 0 aliphatic carbocycles. The molecule has 162 valence electrons. The number of thiocarbonyl (C=S) groups is 1. The average Bonchev–Trinajstić information content (AvgIpc) is 3.15. The lowest BCUT2D eigenvalue weighted by Gasteiger charge is -2.17. The van der Waals surface area contributed by atoms with Gasteiger partial charge in [0.05, 0.1) is 16.2 Å². The van der Waals surface area contributed by atoms with E-state index in [0.29, 0.717) is 47.5 Å². The molecule has 0 aromatic heterocycles. The minimum Gasteiger partial charge on any atom is -0.382 e. The van der Waals surface area contributed by atoms with Crippen LogP contribution in [0, 0.1) is 0 Å². The van der Waals surface area contributed by atoms with Crippen molar-refractivity contribution >= 4 is 67.3 Å².